The van der Waals surface area contributed by atoms with Crippen LogP contribution in [0.15, 0.2) is 0 Å². The van der Waals surface area contributed by atoms with Gasteiger partial charge < -0.3 is 10.2 Å². The number of rotatable bonds is 7. The monoisotopic (exact) mass is 326 g/mol. The Labute approximate surface area is 145 Å². The molecule has 138 valence electrons. The van der Waals surface area contributed by atoms with Crippen LogP contribution < -0.4 is 0 Å². The molecule has 2 rings (SSSR count). The topological polar surface area (TPSA) is 40.5 Å². The second-order valence-electron chi connectivity index (χ2n) is 8.13. The largest absolute Gasteiger partial charge is 0.390 e. The Balaban J connectivity index is 0.000000231. The molecule has 2 N–H and O–H groups in total. The Hall–Kier alpha value is -0.0800. The summed E-state index contributed by atoms with van der Waals surface area (Å²) in [4.78, 5) is 0. The molecule has 2 aliphatic rings. The van der Waals surface area contributed by atoms with Crippen molar-refractivity contribution in [1.29, 1.82) is 0 Å². The average Bonchev–Trinajstić information content (AvgIpc) is 2.55. The zero-order valence-electron chi connectivity index (χ0n) is 15.9. The summed E-state index contributed by atoms with van der Waals surface area (Å²) < 4.78 is 0. The molecule has 2 aliphatic carbocycles. The lowest BCUT2D eigenvalue weighted by molar-refractivity contribution is -0.00607. The van der Waals surface area contributed by atoms with Crippen molar-refractivity contribution in [3.05, 3.63) is 0 Å². The standard InChI is InChI=1S/C11H22O.C10H20O/c1-2-3-5-8-11(12)9-6-4-7-10-11;1-2-3-7-10(11)8-5-4-6-9-10/h12H,2-10H2,1H3;11H,2-9H2,1H3. The van der Waals surface area contributed by atoms with Crippen LogP contribution in [0, 0.1) is 0 Å². The van der Waals surface area contributed by atoms with Gasteiger partial charge >= 0.3 is 0 Å². The molecule has 0 radical (unpaired) electrons. The maximum absolute atomic E-state index is 10.1. The predicted molar refractivity (Wildman–Crippen MR) is 99.7 cm³/mol. The molecular weight excluding hydrogens is 284 g/mol. The van der Waals surface area contributed by atoms with Crippen LogP contribution in [-0.4, -0.2) is 21.4 Å². The summed E-state index contributed by atoms with van der Waals surface area (Å²) in [6, 6.07) is 0. The maximum atomic E-state index is 10.1. The number of aliphatic hydroxyl groups is 2. The average molecular weight is 327 g/mol. The molecule has 0 heterocycles. The third-order valence-electron chi connectivity index (χ3n) is 5.81. The summed E-state index contributed by atoms with van der Waals surface area (Å²) in [5, 5.41) is 20.1. The van der Waals surface area contributed by atoms with Crippen LogP contribution in [0.2, 0.25) is 0 Å². The Kier molecular flexibility index (Phi) is 10.5. The lowest BCUT2D eigenvalue weighted by atomic mass is 9.81. The van der Waals surface area contributed by atoms with Gasteiger partial charge in [-0.2, -0.15) is 0 Å². The molecule has 0 amide bonds. The van der Waals surface area contributed by atoms with Crippen LogP contribution in [0.1, 0.15) is 123 Å². The van der Waals surface area contributed by atoms with Crippen molar-refractivity contribution in [3.63, 3.8) is 0 Å². The van der Waals surface area contributed by atoms with Crippen molar-refractivity contribution in [2.45, 2.75) is 134 Å². The van der Waals surface area contributed by atoms with Crippen molar-refractivity contribution in [2.24, 2.45) is 0 Å². The molecule has 2 saturated carbocycles. The molecule has 23 heavy (non-hydrogen) atoms. The normalized spacial score (nSPS) is 23.0. The molecule has 2 heteroatoms. The van der Waals surface area contributed by atoms with Gasteiger partial charge in [0.15, 0.2) is 0 Å². The summed E-state index contributed by atoms with van der Waals surface area (Å²) in [6.07, 6.45) is 20.0. The van der Waals surface area contributed by atoms with Crippen LogP contribution in [-0.2, 0) is 0 Å². The molecule has 0 aromatic heterocycles. The lowest BCUT2D eigenvalue weighted by Gasteiger charge is -2.32. The summed E-state index contributed by atoms with van der Waals surface area (Å²) in [5.41, 5.74) is -0.540. The van der Waals surface area contributed by atoms with Crippen LogP contribution in [0.4, 0.5) is 0 Å². The van der Waals surface area contributed by atoms with Gasteiger partial charge in [0.1, 0.15) is 0 Å². The third kappa shape index (κ3) is 9.10. The minimum atomic E-state index is -0.270. The van der Waals surface area contributed by atoms with Gasteiger partial charge in [-0.1, -0.05) is 84.5 Å². The highest BCUT2D eigenvalue weighted by Crippen LogP contribution is 2.32. The Morgan fingerprint density at radius 1 is 0.565 bits per heavy atom. The third-order valence-corrected chi connectivity index (χ3v) is 5.81. The molecule has 0 bridgehead atoms. The second kappa shape index (κ2) is 11.5. The predicted octanol–water partition coefficient (Wildman–Crippen LogP) is 6.13. The minimum absolute atomic E-state index is 0.270. The van der Waals surface area contributed by atoms with Gasteiger partial charge in [0.2, 0.25) is 0 Å². The van der Waals surface area contributed by atoms with E-state index in [-0.39, 0.29) is 11.2 Å². The van der Waals surface area contributed by atoms with Crippen LogP contribution in [0.25, 0.3) is 0 Å². The first-order chi connectivity index (χ1) is 11.0. The molecule has 0 unspecified atom stereocenters. The molecule has 0 aromatic rings. The van der Waals surface area contributed by atoms with Gasteiger partial charge in [-0.05, 0) is 38.5 Å². The maximum Gasteiger partial charge on any atom is 0.0647 e. The fraction of sp³-hybridized carbons (Fsp3) is 1.00. The van der Waals surface area contributed by atoms with Crippen molar-refractivity contribution in [2.75, 3.05) is 0 Å². The van der Waals surface area contributed by atoms with E-state index in [0.717, 1.165) is 38.5 Å². The fourth-order valence-electron chi connectivity index (χ4n) is 4.13. The zero-order valence-corrected chi connectivity index (χ0v) is 15.9. The summed E-state index contributed by atoms with van der Waals surface area (Å²) in [5.74, 6) is 0. The Morgan fingerprint density at radius 2 is 0.957 bits per heavy atom. The van der Waals surface area contributed by atoms with Crippen LogP contribution >= 0.6 is 0 Å². The highest BCUT2D eigenvalue weighted by Gasteiger charge is 2.28. The number of hydrogen-bond donors (Lipinski definition) is 2. The van der Waals surface area contributed by atoms with E-state index in [0.29, 0.717) is 0 Å². The summed E-state index contributed by atoms with van der Waals surface area (Å²) >= 11 is 0. The van der Waals surface area contributed by atoms with Gasteiger partial charge in [-0.25, -0.2) is 0 Å². The highest BCUT2D eigenvalue weighted by atomic mass is 16.3. The van der Waals surface area contributed by atoms with E-state index < -0.39 is 0 Å². The number of hydrogen-bond acceptors (Lipinski definition) is 2. The van der Waals surface area contributed by atoms with Gasteiger partial charge in [0.05, 0.1) is 11.2 Å². The molecule has 0 spiro atoms. The Bertz CT molecular complexity index is 276. The van der Waals surface area contributed by atoms with Crippen LogP contribution in [0.3, 0.4) is 0 Å². The van der Waals surface area contributed by atoms with E-state index in [2.05, 4.69) is 13.8 Å². The van der Waals surface area contributed by atoms with E-state index in [4.69, 9.17) is 0 Å². The minimum Gasteiger partial charge on any atom is -0.390 e. The Morgan fingerprint density at radius 3 is 1.35 bits per heavy atom. The van der Waals surface area contributed by atoms with E-state index >= 15 is 0 Å². The molecule has 2 nitrogen and oxygen atoms in total. The molecule has 0 saturated heterocycles. The van der Waals surface area contributed by atoms with E-state index in [1.165, 1.54) is 70.6 Å². The van der Waals surface area contributed by atoms with Crippen molar-refractivity contribution in [3.8, 4) is 0 Å². The number of unbranched alkanes of at least 4 members (excludes halogenated alkanes) is 3. The van der Waals surface area contributed by atoms with Gasteiger partial charge in [-0.15, -0.1) is 0 Å². The van der Waals surface area contributed by atoms with Crippen molar-refractivity contribution < 1.29 is 10.2 Å². The molecule has 0 aromatic carbocycles. The summed E-state index contributed by atoms with van der Waals surface area (Å²) in [6.45, 7) is 4.40. The van der Waals surface area contributed by atoms with Crippen LogP contribution in [0.5, 0.6) is 0 Å². The summed E-state index contributed by atoms with van der Waals surface area (Å²) in [7, 11) is 0. The van der Waals surface area contributed by atoms with Crippen molar-refractivity contribution >= 4 is 0 Å². The highest BCUT2D eigenvalue weighted by molar-refractivity contribution is 4.82. The van der Waals surface area contributed by atoms with Crippen molar-refractivity contribution in [1.82, 2.24) is 0 Å². The quantitative estimate of drug-likeness (QED) is 0.552. The molecule has 0 atom stereocenters. The first kappa shape index (κ1) is 21.0. The SMILES string of the molecule is CCCCC1(O)CCCCC1.CCCCCC1(O)CCCCC1. The van der Waals surface area contributed by atoms with Gasteiger partial charge in [-0.3, -0.25) is 0 Å². The lowest BCUT2D eigenvalue weighted by Crippen LogP contribution is -2.30. The first-order valence-corrected chi connectivity index (χ1v) is 10.5. The molecule has 0 aliphatic heterocycles. The molecular formula is C21H42O2. The fourth-order valence-corrected chi connectivity index (χ4v) is 4.13. The smallest absolute Gasteiger partial charge is 0.0647 e. The van der Waals surface area contributed by atoms with E-state index in [9.17, 15) is 10.2 Å². The van der Waals surface area contributed by atoms with E-state index in [1.807, 2.05) is 0 Å². The van der Waals surface area contributed by atoms with Gasteiger partial charge in [0.25, 0.3) is 0 Å². The van der Waals surface area contributed by atoms with E-state index in [1.54, 1.807) is 0 Å². The molecule has 2 fully saturated rings. The second-order valence-corrected chi connectivity index (χ2v) is 8.13. The van der Waals surface area contributed by atoms with Gasteiger partial charge in [0, 0.05) is 0 Å². The first-order valence-electron chi connectivity index (χ1n) is 10.5. The zero-order chi connectivity index (χ0) is 17.0.